The fourth-order valence-corrected chi connectivity index (χ4v) is 9.80. The smallest absolute Gasteiger partial charge is 0.335 e. The van der Waals surface area contributed by atoms with Crippen LogP contribution in [0.25, 0.3) is 11.8 Å². The number of aliphatic imine (C=N–C) groups is 1. The molecule has 2 aromatic rings. The number of aliphatic hydroxyl groups excluding tert-OH is 1. The zero-order chi connectivity index (χ0) is 30.5. The molecule has 0 bridgehead atoms. The molecule has 0 unspecified atom stereocenters. The summed E-state index contributed by atoms with van der Waals surface area (Å²) >= 11 is 0. The van der Waals surface area contributed by atoms with Gasteiger partial charge in [0, 0.05) is 19.3 Å². The maximum atomic E-state index is 13.8. The van der Waals surface area contributed by atoms with E-state index in [1.807, 2.05) is 16.9 Å². The highest BCUT2D eigenvalue weighted by atomic mass is 16.5. The average Bonchev–Trinajstić information content (AvgIpc) is 3.58. The van der Waals surface area contributed by atoms with Gasteiger partial charge in [0.15, 0.2) is 18.0 Å². The Kier molecular flexibility index (Phi) is 6.09. The first-order chi connectivity index (χ1) is 20.4. The highest BCUT2D eigenvalue weighted by molar-refractivity contribution is 5.97. The molecule has 0 amide bonds. The Hall–Kier alpha value is -3.79. The van der Waals surface area contributed by atoms with Gasteiger partial charge in [-0.05, 0) is 85.1 Å². The Balaban J connectivity index is 1.24. The van der Waals surface area contributed by atoms with Gasteiger partial charge in [-0.2, -0.15) is 5.10 Å². The van der Waals surface area contributed by atoms with Crippen LogP contribution < -0.4 is 0 Å². The number of ether oxygens (including phenoxy) is 2. The monoisotopic (exact) mass is 587 g/mol. The van der Waals surface area contributed by atoms with E-state index in [2.05, 4.69) is 25.0 Å². The van der Waals surface area contributed by atoms with Crippen LogP contribution in [-0.2, 0) is 25.5 Å². The minimum atomic E-state index is -1.19. The second-order valence-corrected chi connectivity index (χ2v) is 13.6. The van der Waals surface area contributed by atoms with E-state index in [0.717, 1.165) is 24.1 Å². The topological polar surface area (TPSA) is 140 Å². The molecule has 4 aliphatic carbocycles. The van der Waals surface area contributed by atoms with Gasteiger partial charge in [0.25, 0.3) is 0 Å². The van der Waals surface area contributed by atoms with Crippen molar-refractivity contribution >= 4 is 29.7 Å². The van der Waals surface area contributed by atoms with Crippen LogP contribution in [-0.4, -0.2) is 68.0 Å². The van der Waals surface area contributed by atoms with Crippen LogP contribution in [0.5, 0.6) is 0 Å². The van der Waals surface area contributed by atoms with Gasteiger partial charge >= 0.3 is 11.9 Å². The average molecular weight is 588 g/mol. The van der Waals surface area contributed by atoms with Gasteiger partial charge in [-0.25, -0.2) is 14.5 Å². The zero-order valence-electron chi connectivity index (χ0n) is 24.9. The van der Waals surface area contributed by atoms with Crippen molar-refractivity contribution in [3.8, 4) is 5.69 Å². The number of rotatable bonds is 5. The van der Waals surface area contributed by atoms with Gasteiger partial charge in [0.05, 0.1) is 29.2 Å². The van der Waals surface area contributed by atoms with Gasteiger partial charge in [0.1, 0.15) is 6.10 Å². The van der Waals surface area contributed by atoms with Gasteiger partial charge in [-0.15, -0.1) is 0 Å². The molecule has 0 saturated heterocycles. The molecule has 3 saturated carbocycles. The van der Waals surface area contributed by atoms with Gasteiger partial charge < -0.3 is 19.7 Å². The molecule has 7 rings (SSSR count). The number of Topliss-reactive ketones (excluding diaryl/α,β-unsaturated/α-hetero) is 1. The van der Waals surface area contributed by atoms with E-state index < -0.39 is 35.1 Å². The second-order valence-electron chi connectivity index (χ2n) is 13.6. The van der Waals surface area contributed by atoms with Crippen LogP contribution >= 0.6 is 0 Å². The molecule has 1 aromatic heterocycles. The number of carbonyl (C=O) groups excluding carboxylic acids is 2. The normalized spacial score (nSPS) is 37.0. The summed E-state index contributed by atoms with van der Waals surface area (Å²) < 4.78 is 13.2. The summed E-state index contributed by atoms with van der Waals surface area (Å²) in [5, 5.41) is 26.2. The van der Waals surface area contributed by atoms with Crippen molar-refractivity contribution in [3.05, 3.63) is 52.9 Å². The number of fused-ring (bicyclic) bond motifs is 8. The fraction of sp³-hybridized carbons (Fsp3) is 0.545. The quantitative estimate of drug-likeness (QED) is 0.500. The number of aromatic carboxylic acids is 1. The molecule has 2 N–H and O–H groups in total. The molecule has 43 heavy (non-hydrogen) atoms. The van der Waals surface area contributed by atoms with Gasteiger partial charge in [-0.3, -0.25) is 9.59 Å². The predicted molar refractivity (Wildman–Crippen MR) is 156 cm³/mol. The second kappa shape index (κ2) is 9.35. The number of aliphatic hydroxyl groups is 1. The summed E-state index contributed by atoms with van der Waals surface area (Å²) in [5.74, 6) is -1.07. The molecule has 5 aliphatic rings. The first kappa shape index (κ1) is 28.0. The van der Waals surface area contributed by atoms with Crippen molar-refractivity contribution in [2.45, 2.75) is 77.5 Å². The number of nitrogens with zero attached hydrogens (tertiary/aromatic N) is 3. The number of carboxylic acids is 1. The van der Waals surface area contributed by atoms with E-state index in [9.17, 15) is 24.6 Å². The van der Waals surface area contributed by atoms with E-state index in [4.69, 9.17) is 14.5 Å². The van der Waals surface area contributed by atoms with Crippen molar-refractivity contribution in [2.75, 3.05) is 6.61 Å². The number of hydrogen-bond acceptors (Lipinski definition) is 8. The first-order valence-corrected chi connectivity index (χ1v) is 15.1. The number of benzene rings is 1. The minimum Gasteiger partial charge on any atom is -0.478 e. The number of carbonyl (C=O) groups is 3. The molecular formula is C33H37N3O7. The van der Waals surface area contributed by atoms with Crippen LogP contribution in [0.1, 0.15) is 75.0 Å². The lowest BCUT2D eigenvalue weighted by Crippen LogP contribution is -2.62. The lowest BCUT2D eigenvalue weighted by Gasteiger charge is -2.60. The summed E-state index contributed by atoms with van der Waals surface area (Å²) in [6, 6.07) is 6.78. The highest BCUT2D eigenvalue weighted by Gasteiger charge is 2.74. The van der Waals surface area contributed by atoms with Crippen molar-refractivity contribution < 1.29 is 34.1 Å². The Labute approximate surface area is 249 Å². The van der Waals surface area contributed by atoms with Gasteiger partial charge in [0.2, 0.25) is 5.78 Å². The Bertz CT molecular complexity index is 1630. The Morgan fingerprint density at radius 1 is 1.23 bits per heavy atom. The van der Waals surface area contributed by atoms with E-state index in [0.29, 0.717) is 30.8 Å². The fourth-order valence-electron chi connectivity index (χ4n) is 9.80. The summed E-state index contributed by atoms with van der Waals surface area (Å²) in [4.78, 5) is 41.9. The van der Waals surface area contributed by atoms with Gasteiger partial charge in [-0.1, -0.05) is 25.5 Å². The lowest BCUT2D eigenvalue weighted by molar-refractivity contribution is -0.156. The number of allylic oxidation sites excluding steroid dienone is 1. The number of ketones is 1. The molecule has 1 aromatic carbocycles. The molecule has 0 spiro atoms. The Morgan fingerprint density at radius 2 is 2.02 bits per heavy atom. The van der Waals surface area contributed by atoms with E-state index in [1.165, 1.54) is 12.5 Å². The number of carboxylic acid groups (broad SMARTS) is 1. The third-order valence-electron chi connectivity index (χ3n) is 11.4. The first-order valence-electron chi connectivity index (χ1n) is 15.1. The molecule has 3 fully saturated rings. The predicted octanol–water partition coefficient (Wildman–Crippen LogP) is 4.02. The van der Waals surface area contributed by atoms with Crippen LogP contribution in [0.4, 0.5) is 0 Å². The molecule has 10 nitrogen and oxygen atoms in total. The maximum absolute atomic E-state index is 13.8. The molecular weight excluding hydrogens is 550 g/mol. The molecule has 226 valence electrons. The van der Waals surface area contributed by atoms with Crippen LogP contribution in [0, 0.1) is 28.6 Å². The standard InChI is InChI=1S/C33H37N3O7/c1-17-35-33(27(39)16-42-18(2)37)28(43-17)12-24-23-9-8-21-11-25-20(13-31(21,3)29(23)26(38)14-32(24,33)4)15-34-36(25)22-7-5-6-19(10-22)30(40)41/h5-7,10-11,15,23-24,26,28-29,38H,8-9,12-14,16H2,1-4H3,(H,40,41)/t23-,24-,26-,28+,29+,31-,32-,33+/m0/s1. The molecule has 1 aliphatic heterocycles. The van der Waals surface area contributed by atoms with Crippen LogP contribution in [0.2, 0.25) is 0 Å². The summed E-state index contributed by atoms with van der Waals surface area (Å²) in [6.07, 6.45) is 6.43. The van der Waals surface area contributed by atoms with Crippen molar-refractivity contribution in [3.63, 3.8) is 0 Å². The summed E-state index contributed by atoms with van der Waals surface area (Å²) in [6.45, 7) is 7.02. The van der Waals surface area contributed by atoms with Crippen molar-refractivity contribution in [1.29, 1.82) is 0 Å². The third kappa shape index (κ3) is 3.77. The van der Waals surface area contributed by atoms with Crippen molar-refractivity contribution in [1.82, 2.24) is 9.78 Å². The lowest BCUT2D eigenvalue weighted by atomic mass is 9.45. The molecule has 8 atom stereocenters. The zero-order valence-corrected chi connectivity index (χ0v) is 24.9. The summed E-state index contributed by atoms with van der Waals surface area (Å²) in [5.41, 5.74) is 2.04. The van der Waals surface area contributed by atoms with E-state index in [1.54, 1.807) is 25.1 Å². The number of aromatic nitrogens is 2. The number of esters is 1. The minimum absolute atomic E-state index is 0.0260. The SMILES string of the molecule is CC(=O)OCC(=O)[C@@]12N=C(C)O[C@@H]1C[C@H]1[C@@H]3CCC4=Cc5c(cnn5-c5cccc(C(=O)O)c5)C[C@]4(C)[C@H]3[C@@H](O)C[C@@]12C. The Morgan fingerprint density at radius 3 is 2.77 bits per heavy atom. The summed E-state index contributed by atoms with van der Waals surface area (Å²) in [7, 11) is 0. The molecule has 2 heterocycles. The maximum Gasteiger partial charge on any atom is 0.335 e. The number of hydrogen-bond donors (Lipinski definition) is 2. The largest absolute Gasteiger partial charge is 0.478 e. The van der Waals surface area contributed by atoms with Crippen LogP contribution in [0.15, 0.2) is 41.0 Å². The van der Waals surface area contributed by atoms with E-state index >= 15 is 0 Å². The van der Waals surface area contributed by atoms with Crippen LogP contribution in [0.3, 0.4) is 0 Å². The highest BCUT2D eigenvalue weighted by Crippen LogP contribution is 2.69. The van der Waals surface area contributed by atoms with E-state index in [-0.39, 0.29) is 41.1 Å². The third-order valence-corrected chi connectivity index (χ3v) is 11.4. The van der Waals surface area contributed by atoms with Crippen molar-refractivity contribution in [2.24, 2.45) is 33.6 Å². The molecule has 0 radical (unpaired) electrons. The molecule has 10 heteroatoms.